The van der Waals surface area contributed by atoms with Crippen molar-refractivity contribution in [1.82, 2.24) is 0 Å². The first-order valence-corrected chi connectivity index (χ1v) is 6.43. The van der Waals surface area contributed by atoms with Gasteiger partial charge < -0.3 is 9.47 Å². The molecular weight excluding hydrogens is 264 g/mol. The second-order valence-electron chi connectivity index (χ2n) is 7.10. The lowest BCUT2D eigenvalue weighted by Gasteiger charge is -2.19. The molecule has 0 fully saturated rings. The van der Waals surface area contributed by atoms with E-state index in [4.69, 9.17) is 9.47 Å². The van der Waals surface area contributed by atoms with Crippen LogP contribution in [0, 0.1) is 10.8 Å². The summed E-state index contributed by atoms with van der Waals surface area (Å²) in [5, 5.41) is 0. The molecule has 6 nitrogen and oxygen atoms in total. The van der Waals surface area contributed by atoms with Gasteiger partial charge in [-0.2, -0.15) is 0 Å². The topological polar surface area (TPSA) is 78.9 Å². The van der Waals surface area contributed by atoms with E-state index < -0.39 is 11.9 Å². The van der Waals surface area contributed by atoms with Crippen molar-refractivity contribution in [3.8, 4) is 0 Å². The largest absolute Gasteiger partial charge is 0.459 e. The second kappa shape index (κ2) is 5.73. The Labute approximate surface area is 118 Å². The van der Waals surface area contributed by atoms with Gasteiger partial charge in [0.05, 0.1) is 13.2 Å². The van der Waals surface area contributed by atoms with Gasteiger partial charge in [-0.25, -0.2) is 9.59 Å². The minimum absolute atomic E-state index is 0.173. The molecular formula is C14H22O6. The smallest absolute Gasteiger partial charge is 0.383 e. The van der Waals surface area contributed by atoms with Crippen LogP contribution >= 0.6 is 0 Å². The highest BCUT2D eigenvalue weighted by Gasteiger charge is 2.33. The normalized spacial score (nSPS) is 12.3. The number of rotatable bonds is 4. The molecule has 0 aliphatic carbocycles. The predicted molar refractivity (Wildman–Crippen MR) is 70.4 cm³/mol. The van der Waals surface area contributed by atoms with Crippen LogP contribution < -0.4 is 0 Å². The average Bonchev–Trinajstić information content (AvgIpc) is 2.20. The molecule has 0 amide bonds. The standard InChI is InChI=1S/C14H22O6/c1-13(2,3)7-17-11(15)9-10(20-19-9)12(16)18-8-14(4,5)6/h7-8H2,1-6H3. The lowest BCUT2D eigenvalue weighted by Crippen LogP contribution is -2.23. The third-order valence-electron chi connectivity index (χ3n) is 2.06. The lowest BCUT2D eigenvalue weighted by atomic mass is 9.99. The van der Waals surface area contributed by atoms with Gasteiger partial charge in [0.15, 0.2) is 0 Å². The molecule has 0 saturated heterocycles. The summed E-state index contributed by atoms with van der Waals surface area (Å²) in [5.41, 5.74) is -0.346. The van der Waals surface area contributed by atoms with E-state index in [-0.39, 0.29) is 35.6 Å². The van der Waals surface area contributed by atoms with E-state index >= 15 is 0 Å². The molecule has 0 saturated carbocycles. The summed E-state index contributed by atoms with van der Waals surface area (Å²) in [4.78, 5) is 23.4. The molecule has 20 heavy (non-hydrogen) atoms. The van der Waals surface area contributed by atoms with Crippen LogP contribution in [0.3, 0.4) is 0 Å². The van der Waals surface area contributed by atoms with E-state index in [1.165, 1.54) is 0 Å². The zero-order valence-corrected chi connectivity index (χ0v) is 12.9. The van der Waals surface area contributed by atoms with E-state index in [0.717, 1.165) is 0 Å². The molecule has 1 heterocycles. The molecule has 0 aliphatic heterocycles. The van der Waals surface area contributed by atoms with Gasteiger partial charge in [0.2, 0.25) is 0 Å². The fourth-order valence-corrected chi connectivity index (χ4v) is 1.07. The third kappa shape index (κ3) is 5.11. The molecule has 0 unspecified atom stereocenters. The van der Waals surface area contributed by atoms with Crippen LogP contribution in [0.1, 0.15) is 62.7 Å². The summed E-state index contributed by atoms with van der Waals surface area (Å²) in [6.45, 7) is 12.0. The van der Waals surface area contributed by atoms with E-state index in [2.05, 4.69) is 9.15 Å². The van der Waals surface area contributed by atoms with Gasteiger partial charge >= 0.3 is 23.5 Å². The Morgan fingerprint density at radius 3 is 1.30 bits per heavy atom. The van der Waals surface area contributed by atoms with Crippen molar-refractivity contribution in [1.29, 1.82) is 0 Å². The van der Waals surface area contributed by atoms with Gasteiger partial charge in [-0.15, -0.1) is 0 Å². The molecule has 1 rings (SSSR count). The minimum atomic E-state index is -0.728. The van der Waals surface area contributed by atoms with Crippen molar-refractivity contribution in [3.05, 3.63) is 11.5 Å². The van der Waals surface area contributed by atoms with E-state index in [1.54, 1.807) is 0 Å². The van der Waals surface area contributed by atoms with Gasteiger partial charge in [0.25, 0.3) is 0 Å². The Morgan fingerprint density at radius 1 is 0.800 bits per heavy atom. The summed E-state index contributed by atoms with van der Waals surface area (Å²) in [7, 11) is 0. The first-order valence-electron chi connectivity index (χ1n) is 6.43. The van der Waals surface area contributed by atoms with Gasteiger partial charge in [-0.1, -0.05) is 41.5 Å². The second-order valence-corrected chi connectivity index (χ2v) is 7.10. The van der Waals surface area contributed by atoms with Crippen molar-refractivity contribution in [2.24, 2.45) is 10.8 Å². The Kier molecular flexibility index (Phi) is 4.68. The number of carbonyl (C=O) groups excluding carboxylic acids is 2. The molecule has 0 atom stereocenters. The highest BCUT2D eigenvalue weighted by atomic mass is 17.0. The van der Waals surface area contributed by atoms with Crippen molar-refractivity contribution < 1.29 is 28.2 Å². The summed E-state index contributed by atoms with van der Waals surface area (Å²) in [5.74, 6) is -1.94. The zero-order valence-electron chi connectivity index (χ0n) is 12.9. The van der Waals surface area contributed by atoms with Crippen molar-refractivity contribution in [2.45, 2.75) is 41.5 Å². The molecule has 1 aromatic heterocycles. The molecule has 0 bridgehead atoms. The van der Waals surface area contributed by atoms with E-state index in [0.29, 0.717) is 0 Å². The number of esters is 2. The van der Waals surface area contributed by atoms with Crippen molar-refractivity contribution in [2.75, 3.05) is 13.2 Å². The third-order valence-corrected chi connectivity index (χ3v) is 2.06. The fourth-order valence-electron chi connectivity index (χ4n) is 1.07. The van der Waals surface area contributed by atoms with E-state index in [9.17, 15) is 9.59 Å². The molecule has 6 heteroatoms. The SMILES string of the molecule is CC(C)(C)COC(=O)c1ooc1C(=O)OCC(C)(C)C. The van der Waals surface area contributed by atoms with Crippen LogP contribution in [-0.4, -0.2) is 25.2 Å². The summed E-state index contributed by atoms with van der Waals surface area (Å²) in [6.07, 6.45) is 0. The van der Waals surface area contributed by atoms with Crippen molar-refractivity contribution >= 4 is 11.9 Å². The molecule has 0 aliphatic rings. The Hall–Kier alpha value is -1.72. The summed E-state index contributed by atoms with van der Waals surface area (Å²) < 4.78 is 19.1. The van der Waals surface area contributed by atoms with Gasteiger partial charge in [-0.05, 0) is 10.8 Å². The summed E-state index contributed by atoms with van der Waals surface area (Å²) >= 11 is 0. The fraction of sp³-hybridized carbons (Fsp3) is 0.714. The molecule has 0 spiro atoms. The first kappa shape index (κ1) is 16.3. The maximum Gasteiger partial charge on any atom is 0.383 e. The molecule has 0 aromatic carbocycles. The van der Waals surface area contributed by atoms with Crippen LogP contribution in [-0.2, 0) is 9.47 Å². The Morgan fingerprint density at radius 2 is 1.10 bits per heavy atom. The molecule has 0 radical (unpaired) electrons. The van der Waals surface area contributed by atoms with Crippen LogP contribution in [0.2, 0.25) is 0 Å². The highest BCUT2D eigenvalue weighted by molar-refractivity contribution is 5.99. The number of hydrogen-bond donors (Lipinski definition) is 0. The highest BCUT2D eigenvalue weighted by Crippen LogP contribution is 2.21. The van der Waals surface area contributed by atoms with Crippen LogP contribution in [0.25, 0.3) is 0 Å². The quantitative estimate of drug-likeness (QED) is 0.624. The van der Waals surface area contributed by atoms with Gasteiger partial charge in [-0.3, -0.25) is 9.15 Å². The van der Waals surface area contributed by atoms with Crippen LogP contribution in [0.15, 0.2) is 9.15 Å². The molecule has 1 aromatic rings. The van der Waals surface area contributed by atoms with Gasteiger partial charge in [0, 0.05) is 0 Å². The minimum Gasteiger partial charge on any atom is -0.459 e. The zero-order chi connectivity index (χ0) is 15.6. The average molecular weight is 286 g/mol. The Balaban J connectivity index is 2.56. The van der Waals surface area contributed by atoms with Crippen molar-refractivity contribution in [3.63, 3.8) is 0 Å². The number of ether oxygens (including phenoxy) is 2. The number of hydrogen-bond acceptors (Lipinski definition) is 6. The maximum atomic E-state index is 11.7. The molecule has 0 N–H and O–H groups in total. The summed E-state index contributed by atoms with van der Waals surface area (Å²) in [6, 6.07) is 0. The maximum absolute atomic E-state index is 11.7. The number of carbonyl (C=O) groups is 2. The van der Waals surface area contributed by atoms with E-state index in [1.807, 2.05) is 41.5 Å². The van der Waals surface area contributed by atoms with Crippen LogP contribution in [0.4, 0.5) is 0 Å². The van der Waals surface area contributed by atoms with Crippen LogP contribution in [0.5, 0.6) is 0 Å². The predicted octanol–water partition coefficient (Wildman–Crippen LogP) is 3.28. The van der Waals surface area contributed by atoms with Gasteiger partial charge in [0.1, 0.15) is 0 Å². The monoisotopic (exact) mass is 286 g/mol. The first-order chi connectivity index (χ1) is 8.99. The Bertz CT molecular complexity index is 422. The molecule has 114 valence electrons. The lowest BCUT2D eigenvalue weighted by molar-refractivity contribution is -0.0482.